The van der Waals surface area contributed by atoms with E-state index in [9.17, 15) is 4.79 Å². The first kappa shape index (κ1) is 13.1. The van der Waals surface area contributed by atoms with Crippen LogP contribution in [-0.2, 0) is 0 Å². The zero-order valence-electron chi connectivity index (χ0n) is 11.7. The Hall–Kier alpha value is -1.94. The van der Waals surface area contributed by atoms with Crippen molar-refractivity contribution in [1.29, 1.82) is 0 Å². The van der Waals surface area contributed by atoms with E-state index in [2.05, 4.69) is 17.2 Å². The Labute approximate surface area is 118 Å². The number of nitrogens with zero attached hydrogens (tertiary/aromatic N) is 2. The summed E-state index contributed by atoms with van der Waals surface area (Å²) >= 11 is 0. The minimum absolute atomic E-state index is 0.122. The molecule has 0 atom stereocenters. The SMILES string of the molecule is CCCN(C(=O)c1cccc2ncccc12)C1CNC1. The highest BCUT2D eigenvalue weighted by atomic mass is 16.2. The van der Waals surface area contributed by atoms with Crippen LogP contribution in [0.4, 0.5) is 0 Å². The molecule has 2 aromatic rings. The molecule has 1 saturated heterocycles. The number of hydrogen-bond acceptors (Lipinski definition) is 3. The van der Waals surface area contributed by atoms with E-state index in [0.717, 1.165) is 42.5 Å². The summed E-state index contributed by atoms with van der Waals surface area (Å²) in [6.07, 6.45) is 2.74. The summed E-state index contributed by atoms with van der Waals surface area (Å²) in [4.78, 5) is 19.2. The van der Waals surface area contributed by atoms with E-state index < -0.39 is 0 Å². The number of amides is 1. The molecule has 1 N–H and O–H groups in total. The topological polar surface area (TPSA) is 45.2 Å². The predicted octanol–water partition coefficient (Wildman–Crippen LogP) is 2.06. The van der Waals surface area contributed by atoms with Gasteiger partial charge in [0.25, 0.3) is 5.91 Å². The number of nitrogens with one attached hydrogen (secondary N) is 1. The summed E-state index contributed by atoms with van der Waals surface area (Å²) in [5.41, 5.74) is 1.64. The van der Waals surface area contributed by atoms with Crippen molar-refractivity contribution in [1.82, 2.24) is 15.2 Å². The van der Waals surface area contributed by atoms with Crippen LogP contribution in [0.2, 0.25) is 0 Å². The van der Waals surface area contributed by atoms with Gasteiger partial charge in [0.2, 0.25) is 0 Å². The van der Waals surface area contributed by atoms with Crippen LogP contribution in [0.1, 0.15) is 23.7 Å². The van der Waals surface area contributed by atoms with E-state index in [1.807, 2.05) is 35.2 Å². The number of aromatic nitrogens is 1. The lowest BCUT2D eigenvalue weighted by molar-refractivity contribution is 0.0618. The third-order valence-corrected chi connectivity index (χ3v) is 3.80. The quantitative estimate of drug-likeness (QED) is 0.924. The molecular weight excluding hydrogens is 250 g/mol. The first-order valence-corrected chi connectivity index (χ1v) is 7.16. The van der Waals surface area contributed by atoms with E-state index in [-0.39, 0.29) is 5.91 Å². The first-order valence-electron chi connectivity index (χ1n) is 7.16. The molecule has 0 spiro atoms. The van der Waals surface area contributed by atoms with Crippen LogP contribution in [-0.4, -0.2) is 41.5 Å². The zero-order valence-corrected chi connectivity index (χ0v) is 11.7. The maximum atomic E-state index is 12.9. The molecule has 1 aliphatic rings. The fraction of sp³-hybridized carbons (Fsp3) is 0.375. The van der Waals surface area contributed by atoms with Crippen molar-refractivity contribution < 1.29 is 4.79 Å². The lowest BCUT2D eigenvalue weighted by Crippen LogP contribution is -2.59. The van der Waals surface area contributed by atoms with Crippen LogP contribution in [0.25, 0.3) is 10.9 Å². The first-order chi connectivity index (χ1) is 9.81. The van der Waals surface area contributed by atoms with Gasteiger partial charge in [-0.15, -0.1) is 0 Å². The zero-order chi connectivity index (χ0) is 13.9. The Balaban J connectivity index is 1.98. The van der Waals surface area contributed by atoms with Gasteiger partial charge in [-0.2, -0.15) is 0 Å². The number of carbonyl (C=O) groups excluding carboxylic acids is 1. The van der Waals surface area contributed by atoms with Gasteiger partial charge in [0.05, 0.1) is 11.6 Å². The highest BCUT2D eigenvalue weighted by molar-refractivity contribution is 6.06. The molecule has 0 saturated carbocycles. The van der Waals surface area contributed by atoms with Crippen molar-refractivity contribution in [3.63, 3.8) is 0 Å². The highest BCUT2D eigenvalue weighted by Gasteiger charge is 2.29. The lowest BCUT2D eigenvalue weighted by atomic mass is 10.0. The number of benzene rings is 1. The second kappa shape index (κ2) is 5.59. The van der Waals surface area contributed by atoms with E-state index in [0.29, 0.717) is 6.04 Å². The van der Waals surface area contributed by atoms with E-state index in [4.69, 9.17) is 0 Å². The van der Waals surface area contributed by atoms with Gasteiger partial charge in [0.15, 0.2) is 0 Å². The van der Waals surface area contributed by atoms with Crippen molar-refractivity contribution in [3.8, 4) is 0 Å². The van der Waals surface area contributed by atoms with Gasteiger partial charge in [-0.3, -0.25) is 9.78 Å². The number of fused-ring (bicyclic) bond motifs is 1. The van der Waals surface area contributed by atoms with Crippen LogP contribution in [0.5, 0.6) is 0 Å². The van der Waals surface area contributed by atoms with Crippen molar-refractivity contribution in [2.45, 2.75) is 19.4 Å². The lowest BCUT2D eigenvalue weighted by Gasteiger charge is -2.38. The maximum Gasteiger partial charge on any atom is 0.254 e. The van der Waals surface area contributed by atoms with Gasteiger partial charge >= 0.3 is 0 Å². The number of hydrogen-bond donors (Lipinski definition) is 1. The molecule has 2 heterocycles. The van der Waals surface area contributed by atoms with E-state index >= 15 is 0 Å². The molecule has 1 aromatic heterocycles. The molecule has 104 valence electrons. The summed E-state index contributed by atoms with van der Waals surface area (Å²) in [7, 11) is 0. The molecule has 20 heavy (non-hydrogen) atoms. The van der Waals surface area contributed by atoms with E-state index in [1.54, 1.807) is 6.20 Å². The van der Waals surface area contributed by atoms with Crippen LogP contribution < -0.4 is 5.32 Å². The molecule has 4 heteroatoms. The van der Waals surface area contributed by atoms with Crippen molar-refractivity contribution in [2.24, 2.45) is 0 Å². The fourth-order valence-electron chi connectivity index (χ4n) is 2.63. The summed E-state index contributed by atoms with van der Waals surface area (Å²) in [5, 5.41) is 4.18. The summed E-state index contributed by atoms with van der Waals surface area (Å²) in [5.74, 6) is 0.122. The molecular formula is C16H19N3O. The predicted molar refractivity (Wildman–Crippen MR) is 79.7 cm³/mol. The number of pyridine rings is 1. The fourth-order valence-corrected chi connectivity index (χ4v) is 2.63. The molecule has 0 radical (unpaired) electrons. The van der Waals surface area contributed by atoms with Crippen molar-refractivity contribution >= 4 is 16.8 Å². The van der Waals surface area contributed by atoms with Gasteiger partial charge in [0, 0.05) is 36.8 Å². The Bertz CT molecular complexity index is 617. The Kier molecular flexibility index (Phi) is 3.65. The third-order valence-electron chi connectivity index (χ3n) is 3.80. The Morgan fingerprint density at radius 2 is 2.20 bits per heavy atom. The van der Waals surface area contributed by atoms with Crippen molar-refractivity contribution in [2.75, 3.05) is 19.6 Å². The van der Waals surface area contributed by atoms with Gasteiger partial charge in [-0.25, -0.2) is 0 Å². The normalized spacial score (nSPS) is 15.1. The van der Waals surface area contributed by atoms with Crippen LogP contribution >= 0.6 is 0 Å². The largest absolute Gasteiger partial charge is 0.333 e. The highest BCUT2D eigenvalue weighted by Crippen LogP contribution is 2.20. The molecule has 0 bridgehead atoms. The maximum absolute atomic E-state index is 12.9. The average molecular weight is 269 g/mol. The van der Waals surface area contributed by atoms with Gasteiger partial charge < -0.3 is 10.2 Å². The standard InChI is InChI=1S/C16H19N3O/c1-2-9-19(12-10-17-11-12)16(20)14-5-3-7-15-13(14)6-4-8-18-15/h3-8,12,17H,2,9-11H2,1H3. The monoisotopic (exact) mass is 269 g/mol. The van der Waals surface area contributed by atoms with Gasteiger partial charge in [-0.05, 0) is 24.6 Å². The molecule has 0 aliphatic carbocycles. The van der Waals surface area contributed by atoms with Crippen LogP contribution in [0.3, 0.4) is 0 Å². The minimum atomic E-state index is 0.122. The molecule has 3 rings (SSSR count). The number of carbonyl (C=O) groups is 1. The Morgan fingerprint density at radius 3 is 2.90 bits per heavy atom. The van der Waals surface area contributed by atoms with Crippen LogP contribution in [0.15, 0.2) is 36.5 Å². The smallest absolute Gasteiger partial charge is 0.254 e. The third kappa shape index (κ3) is 2.27. The minimum Gasteiger partial charge on any atom is -0.333 e. The molecule has 1 aliphatic heterocycles. The average Bonchev–Trinajstić information content (AvgIpc) is 2.43. The molecule has 1 fully saturated rings. The van der Waals surface area contributed by atoms with Crippen LogP contribution in [0, 0.1) is 0 Å². The molecule has 1 amide bonds. The summed E-state index contributed by atoms with van der Waals surface area (Å²) in [6.45, 7) is 4.71. The second-order valence-electron chi connectivity index (χ2n) is 5.19. The second-order valence-corrected chi connectivity index (χ2v) is 5.19. The molecule has 0 unspecified atom stereocenters. The van der Waals surface area contributed by atoms with Gasteiger partial charge in [0.1, 0.15) is 0 Å². The summed E-state index contributed by atoms with van der Waals surface area (Å²) in [6, 6.07) is 9.94. The Morgan fingerprint density at radius 1 is 1.35 bits per heavy atom. The number of rotatable bonds is 4. The molecule has 4 nitrogen and oxygen atoms in total. The molecule has 1 aromatic carbocycles. The van der Waals surface area contributed by atoms with Crippen molar-refractivity contribution in [3.05, 3.63) is 42.1 Å². The van der Waals surface area contributed by atoms with E-state index in [1.165, 1.54) is 0 Å². The van der Waals surface area contributed by atoms with Gasteiger partial charge in [-0.1, -0.05) is 19.1 Å². The summed E-state index contributed by atoms with van der Waals surface area (Å²) < 4.78 is 0.